The highest BCUT2D eigenvalue weighted by Crippen LogP contribution is 2.08. The van der Waals surface area contributed by atoms with Gasteiger partial charge in [0, 0.05) is 0 Å². The van der Waals surface area contributed by atoms with Crippen molar-refractivity contribution in [2.75, 3.05) is 0 Å². The minimum absolute atomic E-state index is 0.0525. The summed E-state index contributed by atoms with van der Waals surface area (Å²) in [5.41, 5.74) is 1.53. The molecule has 0 radical (unpaired) electrons. The molecule has 1 aromatic carbocycles. The maximum absolute atomic E-state index is 2.36. The Kier molecular flexibility index (Phi) is 7.96. The molecular weight excluding hydrogens is 204 g/mol. The number of hydrogen-bond acceptors (Lipinski definition) is 0. The van der Waals surface area contributed by atoms with Gasteiger partial charge in [0.25, 0.3) is 0 Å². The van der Waals surface area contributed by atoms with Crippen LogP contribution in [-0.4, -0.2) is 20.4 Å². The normalized spacial score (nSPS) is 10.1. The summed E-state index contributed by atoms with van der Waals surface area (Å²) in [6.45, 7) is 4.57. The first-order valence-corrected chi connectivity index (χ1v) is 8.65. The molecule has 0 aromatic heterocycles. The molecule has 0 aliphatic heterocycles. The number of aryl methyl sites for hydroxylation is 1. The molecular formula is C15H24Mg. The van der Waals surface area contributed by atoms with E-state index in [2.05, 4.69) is 38.1 Å². The van der Waals surface area contributed by atoms with Gasteiger partial charge in [0.2, 0.25) is 0 Å². The largest absolute Gasteiger partial charge is 0.408 e. The molecule has 0 atom stereocenters. The molecule has 1 aromatic rings. The van der Waals surface area contributed by atoms with Gasteiger partial charge in [-0.05, 0) is 18.4 Å². The molecule has 0 amide bonds. The average Bonchev–Trinajstić information content (AvgIpc) is 2.31. The predicted octanol–water partition coefficient (Wildman–Crippen LogP) is 3.97. The molecule has 0 heterocycles. The van der Waals surface area contributed by atoms with E-state index in [9.17, 15) is 0 Å². The Morgan fingerprint density at radius 1 is 0.875 bits per heavy atom. The van der Waals surface area contributed by atoms with Gasteiger partial charge in [0.05, 0.1) is 0 Å². The topological polar surface area (TPSA) is 0 Å². The smallest absolute Gasteiger partial charge is 0.174 e. The van der Waals surface area contributed by atoms with Crippen LogP contribution in [0.4, 0.5) is 0 Å². The summed E-state index contributed by atoms with van der Waals surface area (Å²) in [4.78, 5) is 0. The van der Waals surface area contributed by atoms with Crippen LogP contribution in [0.5, 0.6) is 0 Å². The fourth-order valence-corrected chi connectivity index (χ4v) is 3.24. The monoisotopic (exact) mass is 228 g/mol. The van der Waals surface area contributed by atoms with Gasteiger partial charge in [-0.2, -0.15) is 3.69 Å². The van der Waals surface area contributed by atoms with Crippen molar-refractivity contribution >= 4 is 24.1 Å². The van der Waals surface area contributed by atoms with Crippen LogP contribution in [0.15, 0.2) is 24.3 Å². The average molecular weight is 229 g/mol. The molecule has 16 heavy (non-hydrogen) atoms. The van der Waals surface area contributed by atoms with Gasteiger partial charge in [0.1, 0.15) is 0 Å². The molecule has 0 fully saturated rings. The molecule has 0 saturated heterocycles. The van der Waals surface area contributed by atoms with E-state index >= 15 is 0 Å². The van der Waals surface area contributed by atoms with Crippen molar-refractivity contribution in [3.05, 3.63) is 29.8 Å². The Labute approximate surface area is 111 Å². The SMILES string of the molecule is CCCCCCCc1cc[c]([Mg][CH2]C)cc1. The molecule has 0 nitrogen and oxygen atoms in total. The highest BCUT2D eigenvalue weighted by Gasteiger charge is 1.97. The zero-order valence-corrected chi connectivity index (χ0v) is 12.4. The summed E-state index contributed by atoms with van der Waals surface area (Å²) < 4.78 is 3.01. The van der Waals surface area contributed by atoms with Crippen LogP contribution in [0.1, 0.15) is 51.5 Å². The molecule has 0 aliphatic rings. The molecule has 0 bridgehead atoms. The molecule has 0 aliphatic carbocycles. The van der Waals surface area contributed by atoms with Gasteiger partial charge in [-0.1, -0.05) is 63.8 Å². The minimum Gasteiger partial charge on any atom is -0.174 e. The highest BCUT2D eigenvalue weighted by atomic mass is 24.5. The van der Waals surface area contributed by atoms with Gasteiger partial charge in [-0.25, -0.2) is 0 Å². The van der Waals surface area contributed by atoms with E-state index in [0.717, 1.165) is 0 Å². The Morgan fingerprint density at radius 3 is 2.19 bits per heavy atom. The summed E-state index contributed by atoms with van der Waals surface area (Å²) in [7, 11) is 0. The summed E-state index contributed by atoms with van der Waals surface area (Å²) in [5.74, 6) is 0. The Balaban J connectivity index is 2.21. The molecule has 0 spiro atoms. The van der Waals surface area contributed by atoms with E-state index < -0.39 is 0 Å². The summed E-state index contributed by atoms with van der Waals surface area (Å²) in [6, 6.07) is 9.41. The maximum Gasteiger partial charge on any atom is 0.408 e. The van der Waals surface area contributed by atoms with Crippen molar-refractivity contribution in [2.24, 2.45) is 0 Å². The van der Waals surface area contributed by atoms with Crippen molar-refractivity contribution < 1.29 is 0 Å². The van der Waals surface area contributed by atoms with Gasteiger partial charge in [-0.15, -0.1) is 4.55 Å². The highest BCUT2D eigenvalue weighted by molar-refractivity contribution is 6.53. The molecule has 0 unspecified atom stereocenters. The second-order valence-corrected chi connectivity index (χ2v) is 7.05. The van der Waals surface area contributed by atoms with Crippen LogP contribution in [0, 0.1) is 0 Å². The van der Waals surface area contributed by atoms with Crippen LogP contribution in [0.3, 0.4) is 0 Å². The van der Waals surface area contributed by atoms with Crippen molar-refractivity contribution in [2.45, 2.75) is 56.9 Å². The summed E-state index contributed by atoms with van der Waals surface area (Å²) in [5, 5.41) is 0. The molecule has 0 N–H and O–H groups in total. The lowest BCUT2D eigenvalue weighted by molar-refractivity contribution is 0.632. The van der Waals surface area contributed by atoms with Crippen molar-refractivity contribution in [3.8, 4) is 0 Å². The third kappa shape index (κ3) is 5.90. The van der Waals surface area contributed by atoms with Gasteiger partial charge < -0.3 is 0 Å². The van der Waals surface area contributed by atoms with Crippen LogP contribution in [0.25, 0.3) is 0 Å². The number of hydrogen-bond donors (Lipinski definition) is 0. The van der Waals surface area contributed by atoms with E-state index in [1.54, 1.807) is 3.69 Å². The standard InChI is InChI=1S/C13H19.C2H5.Mg/c1-2-3-4-5-7-10-13-11-8-6-9-12-13;1-2;/h8-9,11-12H,2-5,7,10H2,1H3;1H2,2H3;. The lowest BCUT2D eigenvalue weighted by Crippen LogP contribution is -2.11. The lowest BCUT2D eigenvalue weighted by atomic mass is 10.1. The van der Waals surface area contributed by atoms with Crippen LogP contribution in [-0.2, 0) is 6.42 Å². The first kappa shape index (κ1) is 14.0. The number of rotatable bonds is 8. The maximum atomic E-state index is 2.36. The fraction of sp³-hybridized carbons (Fsp3) is 0.600. The quantitative estimate of drug-likeness (QED) is 0.467. The second kappa shape index (κ2) is 9.06. The lowest BCUT2D eigenvalue weighted by Gasteiger charge is -2.03. The van der Waals surface area contributed by atoms with E-state index in [4.69, 9.17) is 0 Å². The first-order chi connectivity index (χ1) is 7.86. The zero-order valence-electron chi connectivity index (χ0n) is 11.0. The first-order valence-electron chi connectivity index (χ1n) is 6.94. The molecule has 0 saturated carbocycles. The van der Waals surface area contributed by atoms with Crippen LogP contribution < -0.4 is 3.69 Å². The Hall–Kier alpha value is -0.0138. The summed E-state index contributed by atoms with van der Waals surface area (Å²) in [6.07, 6.45) is 8.20. The number of unbranched alkanes of at least 4 members (excludes halogenated alkanes) is 4. The second-order valence-electron chi connectivity index (χ2n) is 4.73. The molecule has 1 heteroatoms. The van der Waals surface area contributed by atoms with Crippen LogP contribution in [0.2, 0.25) is 4.55 Å². The van der Waals surface area contributed by atoms with Gasteiger partial charge in [-0.3, -0.25) is 0 Å². The third-order valence-electron chi connectivity index (χ3n) is 3.13. The van der Waals surface area contributed by atoms with E-state index in [1.807, 2.05) is 0 Å². The summed E-state index contributed by atoms with van der Waals surface area (Å²) >= 11 is 0.0525. The zero-order chi connectivity index (χ0) is 11.6. The fourth-order valence-electron chi connectivity index (χ4n) is 2.09. The molecule has 1 rings (SSSR count). The molecule has 86 valence electrons. The van der Waals surface area contributed by atoms with E-state index in [-0.39, 0.29) is 20.4 Å². The Morgan fingerprint density at radius 2 is 1.56 bits per heavy atom. The van der Waals surface area contributed by atoms with Crippen molar-refractivity contribution in [1.29, 1.82) is 0 Å². The van der Waals surface area contributed by atoms with E-state index in [1.165, 1.54) is 48.6 Å². The Bertz CT molecular complexity index is 263. The number of benzene rings is 1. The predicted molar refractivity (Wildman–Crippen MR) is 74.8 cm³/mol. The van der Waals surface area contributed by atoms with Crippen molar-refractivity contribution in [3.63, 3.8) is 0 Å². The minimum atomic E-state index is 0.0525. The third-order valence-corrected chi connectivity index (χ3v) is 4.68. The van der Waals surface area contributed by atoms with Crippen molar-refractivity contribution in [1.82, 2.24) is 0 Å². The van der Waals surface area contributed by atoms with E-state index in [0.29, 0.717) is 0 Å². The van der Waals surface area contributed by atoms with Gasteiger partial charge in [0.15, 0.2) is 0 Å². The van der Waals surface area contributed by atoms with Gasteiger partial charge >= 0.3 is 20.4 Å². The van der Waals surface area contributed by atoms with Crippen LogP contribution >= 0.6 is 0 Å².